The third kappa shape index (κ3) is 1.67. The molecular formula is C13H21N3. The van der Waals surface area contributed by atoms with E-state index in [1.165, 1.54) is 56.2 Å². The first-order chi connectivity index (χ1) is 7.86. The fourth-order valence-electron chi connectivity index (χ4n) is 3.25. The van der Waals surface area contributed by atoms with Gasteiger partial charge in [0.1, 0.15) is 0 Å². The number of hydrogen-bond donors (Lipinski definition) is 1. The Labute approximate surface area is 97.0 Å². The zero-order valence-electron chi connectivity index (χ0n) is 9.86. The summed E-state index contributed by atoms with van der Waals surface area (Å²) in [6, 6.07) is 0.892. The van der Waals surface area contributed by atoms with E-state index in [-0.39, 0.29) is 6.04 Å². The standard InChI is InChI=1S/C13H21N3/c14-12-7-4-8-13-11(12)9-15-16(13)10-5-2-1-3-6-10/h9-10,12H,1-8,14H2. The van der Waals surface area contributed by atoms with Gasteiger partial charge in [0.15, 0.2) is 0 Å². The van der Waals surface area contributed by atoms with Crippen molar-refractivity contribution in [1.82, 2.24) is 9.78 Å². The maximum Gasteiger partial charge on any atom is 0.0540 e. The molecule has 3 nitrogen and oxygen atoms in total. The molecule has 1 aromatic heterocycles. The van der Waals surface area contributed by atoms with Crippen LogP contribution >= 0.6 is 0 Å². The van der Waals surface area contributed by atoms with E-state index in [1.54, 1.807) is 0 Å². The number of hydrogen-bond acceptors (Lipinski definition) is 2. The average molecular weight is 219 g/mol. The normalized spacial score (nSPS) is 26.7. The number of aromatic nitrogens is 2. The predicted molar refractivity (Wildman–Crippen MR) is 64.2 cm³/mol. The second kappa shape index (κ2) is 4.21. The summed E-state index contributed by atoms with van der Waals surface area (Å²) in [5.74, 6) is 0. The Morgan fingerprint density at radius 3 is 2.75 bits per heavy atom. The number of nitrogens with two attached hydrogens (primary N) is 1. The van der Waals surface area contributed by atoms with Gasteiger partial charge in [0.05, 0.1) is 12.2 Å². The zero-order chi connectivity index (χ0) is 11.0. The van der Waals surface area contributed by atoms with Crippen molar-refractivity contribution >= 4 is 0 Å². The van der Waals surface area contributed by atoms with E-state index in [1.807, 2.05) is 6.20 Å². The van der Waals surface area contributed by atoms with Crippen molar-refractivity contribution in [2.24, 2.45) is 5.73 Å². The molecule has 1 atom stereocenters. The summed E-state index contributed by atoms with van der Waals surface area (Å²) >= 11 is 0. The van der Waals surface area contributed by atoms with Crippen molar-refractivity contribution in [3.63, 3.8) is 0 Å². The lowest BCUT2D eigenvalue weighted by atomic mass is 9.91. The van der Waals surface area contributed by atoms with E-state index in [4.69, 9.17) is 5.73 Å². The summed E-state index contributed by atoms with van der Waals surface area (Å²) in [5, 5.41) is 4.61. The van der Waals surface area contributed by atoms with Crippen LogP contribution in [0.5, 0.6) is 0 Å². The van der Waals surface area contributed by atoms with Gasteiger partial charge in [0, 0.05) is 17.3 Å². The van der Waals surface area contributed by atoms with E-state index < -0.39 is 0 Å². The van der Waals surface area contributed by atoms with Gasteiger partial charge in [-0.25, -0.2) is 0 Å². The third-order valence-electron chi connectivity index (χ3n) is 4.18. The maximum atomic E-state index is 6.14. The molecule has 2 N–H and O–H groups in total. The SMILES string of the molecule is NC1CCCc2c1cnn2C1CCCCC1. The van der Waals surface area contributed by atoms with Gasteiger partial charge >= 0.3 is 0 Å². The van der Waals surface area contributed by atoms with Crippen LogP contribution in [-0.4, -0.2) is 9.78 Å². The van der Waals surface area contributed by atoms with Crippen LogP contribution in [0.4, 0.5) is 0 Å². The lowest BCUT2D eigenvalue weighted by Crippen LogP contribution is -2.21. The predicted octanol–water partition coefficient (Wildman–Crippen LogP) is 2.72. The summed E-state index contributed by atoms with van der Waals surface area (Å²) in [7, 11) is 0. The molecule has 0 bridgehead atoms. The topological polar surface area (TPSA) is 43.8 Å². The fraction of sp³-hybridized carbons (Fsp3) is 0.769. The maximum absolute atomic E-state index is 6.14. The molecule has 0 radical (unpaired) electrons. The van der Waals surface area contributed by atoms with Crippen molar-refractivity contribution in [2.75, 3.05) is 0 Å². The third-order valence-corrected chi connectivity index (χ3v) is 4.18. The van der Waals surface area contributed by atoms with E-state index in [0.717, 1.165) is 6.42 Å². The molecule has 3 heteroatoms. The largest absolute Gasteiger partial charge is 0.324 e. The summed E-state index contributed by atoms with van der Waals surface area (Å²) in [6.45, 7) is 0. The molecule has 1 aromatic rings. The molecule has 2 aliphatic carbocycles. The molecule has 2 aliphatic rings. The molecule has 1 fully saturated rings. The molecule has 0 aromatic carbocycles. The molecule has 88 valence electrons. The Balaban J connectivity index is 1.89. The first-order valence-electron chi connectivity index (χ1n) is 6.68. The zero-order valence-corrected chi connectivity index (χ0v) is 9.86. The van der Waals surface area contributed by atoms with Gasteiger partial charge in [-0.2, -0.15) is 5.10 Å². The fourth-order valence-corrected chi connectivity index (χ4v) is 3.25. The van der Waals surface area contributed by atoms with E-state index in [2.05, 4.69) is 9.78 Å². The van der Waals surface area contributed by atoms with Crippen LogP contribution in [0.3, 0.4) is 0 Å². The second-order valence-corrected chi connectivity index (χ2v) is 5.28. The minimum atomic E-state index is 0.237. The van der Waals surface area contributed by atoms with Crippen LogP contribution in [0.2, 0.25) is 0 Å². The highest BCUT2D eigenvalue weighted by molar-refractivity contribution is 5.24. The van der Waals surface area contributed by atoms with Crippen LogP contribution in [0, 0.1) is 0 Å². The summed E-state index contributed by atoms with van der Waals surface area (Å²) in [4.78, 5) is 0. The van der Waals surface area contributed by atoms with Crippen molar-refractivity contribution < 1.29 is 0 Å². The molecule has 1 unspecified atom stereocenters. The molecule has 0 spiro atoms. The summed E-state index contributed by atoms with van der Waals surface area (Å²) < 4.78 is 2.30. The van der Waals surface area contributed by atoms with Gasteiger partial charge in [-0.1, -0.05) is 19.3 Å². The number of fused-ring (bicyclic) bond motifs is 1. The Kier molecular flexibility index (Phi) is 2.72. The lowest BCUT2D eigenvalue weighted by Gasteiger charge is -2.26. The monoisotopic (exact) mass is 219 g/mol. The van der Waals surface area contributed by atoms with E-state index in [9.17, 15) is 0 Å². The van der Waals surface area contributed by atoms with Crippen LogP contribution in [0.15, 0.2) is 6.20 Å². The Morgan fingerprint density at radius 2 is 1.94 bits per heavy atom. The highest BCUT2D eigenvalue weighted by atomic mass is 15.3. The van der Waals surface area contributed by atoms with Gasteiger partial charge in [-0.05, 0) is 32.1 Å². The van der Waals surface area contributed by atoms with Gasteiger partial charge in [0.25, 0.3) is 0 Å². The molecule has 1 saturated carbocycles. The van der Waals surface area contributed by atoms with E-state index >= 15 is 0 Å². The molecule has 0 saturated heterocycles. The van der Waals surface area contributed by atoms with Gasteiger partial charge in [-0.15, -0.1) is 0 Å². The smallest absolute Gasteiger partial charge is 0.0540 e. The van der Waals surface area contributed by atoms with Gasteiger partial charge < -0.3 is 5.73 Å². The summed E-state index contributed by atoms with van der Waals surface area (Å²) in [5.41, 5.74) is 8.89. The minimum Gasteiger partial charge on any atom is -0.324 e. The second-order valence-electron chi connectivity index (χ2n) is 5.28. The quantitative estimate of drug-likeness (QED) is 0.789. The van der Waals surface area contributed by atoms with Crippen molar-refractivity contribution in [3.8, 4) is 0 Å². The highest BCUT2D eigenvalue weighted by Crippen LogP contribution is 2.34. The van der Waals surface area contributed by atoms with Gasteiger partial charge in [-0.3, -0.25) is 4.68 Å². The van der Waals surface area contributed by atoms with Crippen LogP contribution < -0.4 is 5.73 Å². The first-order valence-corrected chi connectivity index (χ1v) is 6.68. The van der Waals surface area contributed by atoms with Crippen molar-refractivity contribution in [1.29, 1.82) is 0 Å². The van der Waals surface area contributed by atoms with Crippen LogP contribution in [0.1, 0.15) is 68.3 Å². The highest BCUT2D eigenvalue weighted by Gasteiger charge is 2.25. The average Bonchev–Trinajstić information content (AvgIpc) is 2.75. The van der Waals surface area contributed by atoms with Crippen molar-refractivity contribution in [3.05, 3.63) is 17.5 Å². The van der Waals surface area contributed by atoms with Crippen LogP contribution in [-0.2, 0) is 6.42 Å². The molecular weight excluding hydrogens is 198 g/mol. The summed E-state index contributed by atoms with van der Waals surface area (Å²) in [6.07, 6.45) is 12.3. The number of nitrogens with zero attached hydrogens (tertiary/aromatic N) is 2. The van der Waals surface area contributed by atoms with Gasteiger partial charge in [0.2, 0.25) is 0 Å². The molecule has 0 aliphatic heterocycles. The lowest BCUT2D eigenvalue weighted by molar-refractivity contribution is 0.318. The number of rotatable bonds is 1. The molecule has 0 amide bonds. The molecule has 1 heterocycles. The minimum absolute atomic E-state index is 0.237. The van der Waals surface area contributed by atoms with E-state index in [0.29, 0.717) is 6.04 Å². The Hall–Kier alpha value is -0.830. The van der Waals surface area contributed by atoms with Crippen LogP contribution in [0.25, 0.3) is 0 Å². The van der Waals surface area contributed by atoms with Crippen molar-refractivity contribution in [2.45, 2.75) is 63.5 Å². The first kappa shape index (κ1) is 10.3. The molecule has 16 heavy (non-hydrogen) atoms. The Bertz CT molecular complexity index is 363. The Morgan fingerprint density at radius 1 is 1.12 bits per heavy atom. The molecule has 3 rings (SSSR count).